The summed E-state index contributed by atoms with van der Waals surface area (Å²) in [5.41, 5.74) is -1.03. The minimum Gasteiger partial charge on any atom is -0.305 e. The molecule has 1 aliphatic heterocycles. The second-order valence-electron chi connectivity index (χ2n) is 6.57. The smallest absolute Gasteiger partial charge is 0.297 e. The zero-order valence-corrected chi connectivity index (χ0v) is 13.7. The molecule has 0 aliphatic carbocycles. The van der Waals surface area contributed by atoms with Crippen molar-refractivity contribution in [2.45, 2.75) is 25.3 Å². The van der Waals surface area contributed by atoms with Gasteiger partial charge >= 0.3 is 0 Å². The molecule has 0 bridgehead atoms. The van der Waals surface area contributed by atoms with E-state index in [1.54, 1.807) is 42.5 Å². The molecule has 0 atom stereocenters. The highest BCUT2D eigenvalue weighted by atomic mass is 19.3. The van der Waals surface area contributed by atoms with E-state index in [1.807, 2.05) is 0 Å². The molecule has 126 valence electrons. The standard InChI is InChI=1S/C19H15F2N3O/c1-18(2)19(20,21)13-9-5-3-7-11(13)15(24-18)16-22-14-10-6-4-8-12(14)17(25)23-16/h3-10H,1-2H3,(H,22,23,25). The lowest BCUT2D eigenvalue weighted by Gasteiger charge is -2.36. The molecule has 3 aromatic rings. The molecule has 1 aliphatic rings. The predicted molar refractivity (Wildman–Crippen MR) is 92.4 cm³/mol. The van der Waals surface area contributed by atoms with E-state index >= 15 is 0 Å². The number of fused-ring (bicyclic) bond motifs is 2. The first-order valence-electron chi connectivity index (χ1n) is 7.88. The van der Waals surface area contributed by atoms with Gasteiger partial charge in [-0.25, -0.2) is 4.98 Å². The summed E-state index contributed by atoms with van der Waals surface area (Å²) < 4.78 is 29.6. The third kappa shape index (κ3) is 2.21. The molecule has 0 radical (unpaired) electrons. The number of aromatic nitrogens is 2. The normalized spacial score (nSPS) is 17.8. The van der Waals surface area contributed by atoms with Crippen LogP contribution in [-0.2, 0) is 5.92 Å². The van der Waals surface area contributed by atoms with Crippen LogP contribution in [0.5, 0.6) is 0 Å². The average Bonchev–Trinajstić information content (AvgIpc) is 2.58. The average molecular weight is 339 g/mol. The van der Waals surface area contributed by atoms with Gasteiger partial charge in [0, 0.05) is 11.1 Å². The number of para-hydroxylation sites is 1. The Morgan fingerprint density at radius 3 is 2.48 bits per heavy atom. The maximum absolute atomic E-state index is 14.8. The van der Waals surface area contributed by atoms with Crippen LogP contribution in [-0.4, -0.2) is 21.2 Å². The van der Waals surface area contributed by atoms with Crippen LogP contribution >= 0.6 is 0 Å². The summed E-state index contributed by atoms with van der Waals surface area (Å²) in [7, 11) is 0. The van der Waals surface area contributed by atoms with Gasteiger partial charge < -0.3 is 4.98 Å². The van der Waals surface area contributed by atoms with Gasteiger partial charge in [0.15, 0.2) is 5.82 Å². The summed E-state index contributed by atoms with van der Waals surface area (Å²) in [5.74, 6) is -2.93. The number of nitrogens with one attached hydrogen (secondary N) is 1. The van der Waals surface area contributed by atoms with Crippen molar-refractivity contribution in [3.05, 3.63) is 75.8 Å². The zero-order chi connectivity index (χ0) is 17.8. The van der Waals surface area contributed by atoms with E-state index in [0.29, 0.717) is 10.9 Å². The molecule has 2 heterocycles. The fourth-order valence-corrected chi connectivity index (χ4v) is 3.08. The monoisotopic (exact) mass is 339 g/mol. The van der Waals surface area contributed by atoms with E-state index in [-0.39, 0.29) is 28.2 Å². The summed E-state index contributed by atoms with van der Waals surface area (Å²) >= 11 is 0. The summed E-state index contributed by atoms with van der Waals surface area (Å²) in [6, 6.07) is 13.1. The van der Waals surface area contributed by atoms with Crippen LogP contribution in [0.4, 0.5) is 8.78 Å². The van der Waals surface area contributed by atoms with Crippen LogP contribution in [0, 0.1) is 0 Å². The van der Waals surface area contributed by atoms with Crippen LogP contribution in [0.1, 0.15) is 30.8 Å². The molecule has 0 saturated carbocycles. The Morgan fingerprint density at radius 2 is 1.68 bits per heavy atom. The molecule has 25 heavy (non-hydrogen) atoms. The number of rotatable bonds is 1. The molecule has 0 amide bonds. The Morgan fingerprint density at radius 1 is 1.00 bits per heavy atom. The van der Waals surface area contributed by atoms with Gasteiger partial charge in [0.25, 0.3) is 11.5 Å². The van der Waals surface area contributed by atoms with E-state index in [1.165, 1.54) is 19.9 Å². The van der Waals surface area contributed by atoms with E-state index in [9.17, 15) is 13.6 Å². The van der Waals surface area contributed by atoms with Crippen molar-refractivity contribution in [1.29, 1.82) is 0 Å². The van der Waals surface area contributed by atoms with Gasteiger partial charge in [-0.2, -0.15) is 8.78 Å². The molecule has 6 heteroatoms. The van der Waals surface area contributed by atoms with Crippen molar-refractivity contribution >= 4 is 16.6 Å². The first-order valence-corrected chi connectivity index (χ1v) is 7.88. The number of hydrogen-bond donors (Lipinski definition) is 1. The molecule has 0 spiro atoms. The number of H-pyrrole nitrogens is 1. The Hall–Kier alpha value is -2.89. The molecule has 2 aromatic carbocycles. The Labute approximate surface area is 142 Å². The van der Waals surface area contributed by atoms with Gasteiger partial charge in [0.05, 0.1) is 10.9 Å². The molecule has 1 N–H and O–H groups in total. The number of halogens is 2. The third-order valence-corrected chi connectivity index (χ3v) is 4.52. The lowest BCUT2D eigenvalue weighted by Crippen LogP contribution is -2.44. The quantitative estimate of drug-likeness (QED) is 0.736. The summed E-state index contributed by atoms with van der Waals surface area (Å²) in [4.78, 5) is 23.7. The lowest BCUT2D eigenvalue weighted by molar-refractivity contribution is -0.0682. The van der Waals surface area contributed by atoms with E-state index in [2.05, 4.69) is 15.0 Å². The van der Waals surface area contributed by atoms with Crippen molar-refractivity contribution in [2.75, 3.05) is 0 Å². The Balaban J connectivity index is 2.03. The number of aromatic amines is 1. The number of benzene rings is 2. The van der Waals surface area contributed by atoms with Crippen molar-refractivity contribution in [1.82, 2.24) is 9.97 Å². The fourth-order valence-electron chi connectivity index (χ4n) is 3.08. The SMILES string of the molecule is CC1(C)N=C(c2nc3ccccc3c(=O)[nH]2)c2ccccc2C1(F)F. The molecular formula is C19H15F2N3O. The Bertz CT molecular complexity index is 1080. The van der Waals surface area contributed by atoms with Crippen LogP contribution < -0.4 is 5.56 Å². The van der Waals surface area contributed by atoms with Crippen LogP contribution in [0.25, 0.3) is 10.9 Å². The van der Waals surface area contributed by atoms with Gasteiger partial charge in [-0.15, -0.1) is 0 Å². The van der Waals surface area contributed by atoms with Crippen molar-refractivity contribution in [3.8, 4) is 0 Å². The van der Waals surface area contributed by atoms with E-state index in [4.69, 9.17) is 0 Å². The minimum absolute atomic E-state index is 0.110. The largest absolute Gasteiger partial charge is 0.305 e. The second kappa shape index (κ2) is 5.05. The van der Waals surface area contributed by atoms with Gasteiger partial charge in [0.2, 0.25) is 0 Å². The topological polar surface area (TPSA) is 58.1 Å². The highest BCUT2D eigenvalue weighted by molar-refractivity contribution is 6.13. The lowest BCUT2D eigenvalue weighted by atomic mass is 9.83. The minimum atomic E-state index is -3.12. The van der Waals surface area contributed by atoms with Crippen molar-refractivity contribution in [2.24, 2.45) is 4.99 Å². The number of aliphatic imine (C=N–C) groups is 1. The maximum atomic E-state index is 14.8. The highest BCUT2D eigenvalue weighted by Gasteiger charge is 2.52. The molecule has 1 aromatic heterocycles. The third-order valence-electron chi connectivity index (χ3n) is 4.52. The van der Waals surface area contributed by atoms with Gasteiger partial charge in [-0.05, 0) is 26.0 Å². The fraction of sp³-hybridized carbons (Fsp3) is 0.211. The molecule has 0 fully saturated rings. The predicted octanol–water partition coefficient (Wildman–Crippen LogP) is 3.64. The molecule has 0 unspecified atom stereocenters. The number of hydrogen-bond acceptors (Lipinski definition) is 3. The van der Waals surface area contributed by atoms with Gasteiger partial charge in [-0.3, -0.25) is 9.79 Å². The summed E-state index contributed by atoms with van der Waals surface area (Å²) in [5, 5.41) is 0.445. The molecule has 4 nitrogen and oxygen atoms in total. The summed E-state index contributed by atoms with van der Waals surface area (Å²) in [6.07, 6.45) is 0. The molecule has 0 saturated heterocycles. The molecular weight excluding hydrogens is 324 g/mol. The van der Waals surface area contributed by atoms with Gasteiger partial charge in [0.1, 0.15) is 11.3 Å². The number of nitrogens with zero attached hydrogens (tertiary/aromatic N) is 2. The number of alkyl halides is 2. The zero-order valence-electron chi connectivity index (χ0n) is 13.7. The highest BCUT2D eigenvalue weighted by Crippen LogP contribution is 2.46. The van der Waals surface area contributed by atoms with E-state index in [0.717, 1.165) is 0 Å². The molecule has 4 rings (SSSR count). The van der Waals surface area contributed by atoms with Crippen LogP contribution in [0.15, 0.2) is 58.3 Å². The Kier molecular flexibility index (Phi) is 3.16. The van der Waals surface area contributed by atoms with E-state index < -0.39 is 11.5 Å². The maximum Gasteiger partial charge on any atom is 0.297 e. The summed E-state index contributed by atoms with van der Waals surface area (Å²) in [6.45, 7) is 2.75. The van der Waals surface area contributed by atoms with Gasteiger partial charge in [-0.1, -0.05) is 36.4 Å². The van der Waals surface area contributed by atoms with Crippen LogP contribution in [0.3, 0.4) is 0 Å². The second-order valence-corrected chi connectivity index (χ2v) is 6.57. The first-order chi connectivity index (χ1) is 11.8. The van der Waals surface area contributed by atoms with Crippen LogP contribution in [0.2, 0.25) is 0 Å². The first kappa shape index (κ1) is 15.6. The van der Waals surface area contributed by atoms with Crippen molar-refractivity contribution in [3.63, 3.8) is 0 Å². The van der Waals surface area contributed by atoms with Crippen molar-refractivity contribution < 1.29 is 8.78 Å².